The van der Waals surface area contributed by atoms with Gasteiger partial charge in [-0.25, -0.2) is 9.97 Å². The topological polar surface area (TPSA) is 116 Å². The van der Waals surface area contributed by atoms with Crippen LogP contribution < -0.4 is 10.5 Å². The van der Waals surface area contributed by atoms with Crippen molar-refractivity contribution in [3.63, 3.8) is 0 Å². The maximum absolute atomic E-state index is 7.59. The largest absolute Gasteiger partial charge is 0.497 e. The van der Waals surface area contributed by atoms with Gasteiger partial charge in [0.2, 0.25) is 0 Å². The number of imidazole rings is 2. The summed E-state index contributed by atoms with van der Waals surface area (Å²) in [5.74, 6) is 2.40. The Balaban J connectivity index is 1.54. The minimum absolute atomic E-state index is 0.0352. The molecule has 5 aromatic rings. The smallest absolute Gasteiger partial charge is 0.138 e. The molecule has 0 saturated heterocycles. The molecule has 0 aliphatic rings. The molecule has 0 fully saturated rings. The summed E-state index contributed by atoms with van der Waals surface area (Å²) in [6, 6.07) is 19.3. The number of nitrogens with one attached hydrogen (secondary N) is 3. The number of methoxy groups -OCH3 is 1. The van der Waals surface area contributed by atoms with Crippen molar-refractivity contribution in [1.82, 2.24) is 19.9 Å². The van der Waals surface area contributed by atoms with Gasteiger partial charge in [0.25, 0.3) is 0 Å². The van der Waals surface area contributed by atoms with E-state index in [1.54, 1.807) is 13.2 Å². The molecule has 0 saturated carbocycles. The Bertz CT molecular complexity index is 1360. The molecule has 7 nitrogen and oxygen atoms in total. The lowest BCUT2D eigenvalue weighted by Crippen LogP contribution is -2.10. The van der Waals surface area contributed by atoms with Crippen LogP contribution in [0.15, 0.2) is 60.7 Å². The van der Waals surface area contributed by atoms with Crippen LogP contribution in [0, 0.1) is 5.41 Å². The number of ether oxygens (including phenoxy) is 1. The Morgan fingerprint density at radius 1 is 0.828 bits per heavy atom. The van der Waals surface area contributed by atoms with Gasteiger partial charge in [0.1, 0.15) is 23.2 Å². The van der Waals surface area contributed by atoms with Crippen molar-refractivity contribution in [2.75, 3.05) is 7.11 Å². The van der Waals surface area contributed by atoms with Gasteiger partial charge in [-0.15, -0.1) is 0 Å². The van der Waals surface area contributed by atoms with Gasteiger partial charge in [-0.2, -0.15) is 0 Å². The summed E-state index contributed by atoms with van der Waals surface area (Å²) in [7, 11) is 1.65. The zero-order valence-corrected chi connectivity index (χ0v) is 15.7. The van der Waals surface area contributed by atoms with Crippen molar-refractivity contribution in [1.29, 1.82) is 5.41 Å². The molecule has 0 atom stereocenters. The third kappa shape index (κ3) is 2.98. The number of hydrogen-bond donors (Lipinski definition) is 4. The van der Waals surface area contributed by atoms with E-state index in [2.05, 4.69) is 19.9 Å². The maximum Gasteiger partial charge on any atom is 0.138 e. The highest BCUT2D eigenvalue weighted by Crippen LogP contribution is 2.27. The fourth-order valence-corrected chi connectivity index (χ4v) is 3.36. The number of benzene rings is 3. The molecule has 2 aromatic heterocycles. The number of amidine groups is 1. The number of fused-ring (bicyclic) bond motifs is 2. The third-order valence-electron chi connectivity index (χ3n) is 4.91. The zero-order chi connectivity index (χ0) is 20.0. The van der Waals surface area contributed by atoms with Gasteiger partial charge >= 0.3 is 0 Å². The first-order chi connectivity index (χ1) is 14.1. The van der Waals surface area contributed by atoms with Crippen LogP contribution in [0.25, 0.3) is 44.8 Å². The highest BCUT2D eigenvalue weighted by molar-refractivity contribution is 5.98. The van der Waals surface area contributed by atoms with E-state index < -0.39 is 0 Å². The molecule has 0 spiro atoms. The molecule has 0 aliphatic heterocycles. The second kappa shape index (κ2) is 6.49. The van der Waals surface area contributed by atoms with Crippen LogP contribution >= 0.6 is 0 Å². The molecule has 142 valence electrons. The van der Waals surface area contributed by atoms with Crippen molar-refractivity contribution in [2.45, 2.75) is 0 Å². The first-order valence-corrected chi connectivity index (χ1v) is 9.09. The SMILES string of the molecule is COc1ccc(-c2nc3ccc(-c4nc5ccc(C(=N)N)cc5[nH]4)cc3[nH]2)cc1. The lowest BCUT2D eigenvalue weighted by molar-refractivity contribution is 0.415. The van der Waals surface area contributed by atoms with Crippen molar-refractivity contribution in [3.05, 3.63) is 66.2 Å². The van der Waals surface area contributed by atoms with Crippen LogP contribution in [0.4, 0.5) is 0 Å². The molecule has 7 heteroatoms. The van der Waals surface area contributed by atoms with E-state index in [4.69, 9.17) is 15.9 Å². The number of aromatic amines is 2. The average molecular weight is 382 g/mol. The quantitative estimate of drug-likeness (QED) is 0.277. The Labute approximate surface area is 166 Å². The van der Waals surface area contributed by atoms with Crippen molar-refractivity contribution < 1.29 is 4.74 Å². The summed E-state index contributed by atoms with van der Waals surface area (Å²) in [4.78, 5) is 16.0. The van der Waals surface area contributed by atoms with E-state index in [1.165, 1.54) is 0 Å². The minimum atomic E-state index is 0.0352. The molecule has 5 N–H and O–H groups in total. The summed E-state index contributed by atoms with van der Waals surface area (Å²) in [5, 5.41) is 7.59. The van der Waals surface area contributed by atoms with E-state index in [0.717, 1.165) is 50.6 Å². The van der Waals surface area contributed by atoms with Crippen LogP contribution in [0.5, 0.6) is 5.75 Å². The van der Waals surface area contributed by atoms with E-state index in [9.17, 15) is 0 Å². The summed E-state index contributed by atoms with van der Waals surface area (Å²) >= 11 is 0. The number of hydrogen-bond acceptors (Lipinski definition) is 4. The number of nitrogens with two attached hydrogens (primary N) is 1. The third-order valence-corrected chi connectivity index (χ3v) is 4.91. The number of H-pyrrole nitrogens is 2. The maximum atomic E-state index is 7.59. The predicted molar refractivity (Wildman–Crippen MR) is 114 cm³/mol. The normalized spacial score (nSPS) is 11.2. The fourth-order valence-electron chi connectivity index (χ4n) is 3.36. The molecule has 0 unspecified atom stereocenters. The molecule has 5 rings (SSSR count). The zero-order valence-electron chi connectivity index (χ0n) is 15.7. The number of nitrogens with zero attached hydrogens (tertiary/aromatic N) is 2. The molecule has 3 aromatic carbocycles. The first-order valence-electron chi connectivity index (χ1n) is 9.09. The average Bonchev–Trinajstić information content (AvgIpc) is 3.36. The molecule has 0 amide bonds. The van der Waals surface area contributed by atoms with E-state index >= 15 is 0 Å². The van der Waals surface area contributed by atoms with Crippen LogP contribution in [-0.4, -0.2) is 32.9 Å². The van der Waals surface area contributed by atoms with Crippen molar-refractivity contribution >= 4 is 27.9 Å². The fraction of sp³-hybridized carbons (Fsp3) is 0.0455. The van der Waals surface area contributed by atoms with E-state index in [0.29, 0.717) is 5.56 Å². The summed E-state index contributed by atoms with van der Waals surface area (Å²) in [5.41, 5.74) is 11.7. The Kier molecular flexibility index (Phi) is 3.80. The predicted octanol–water partition coefficient (Wildman–Crippen LogP) is 4.07. The van der Waals surface area contributed by atoms with Crippen LogP contribution in [-0.2, 0) is 0 Å². The molecule has 0 bridgehead atoms. The van der Waals surface area contributed by atoms with Crippen LogP contribution in [0.2, 0.25) is 0 Å². The Hall–Kier alpha value is -4.13. The van der Waals surface area contributed by atoms with Gasteiger partial charge in [-0.3, -0.25) is 5.41 Å². The lowest BCUT2D eigenvalue weighted by Gasteiger charge is -2.00. The lowest BCUT2D eigenvalue weighted by atomic mass is 10.2. The summed E-state index contributed by atoms with van der Waals surface area (Å²) < 4.78 is 5.21. The van der Waals surface area contributed by atoms with Crippen LogP contribution in [0.1, 0.15) is 5.56 Å². The highest BCUT2D eigenvalue weighted by atomic mass is 16.5. The van der Waals surface area contributed by atoms with E-state index in [-0.39, 0.29) is 5.84 Å². The second-order valence-electron chi connectivity index (χ2n) is 6.78. The second-order valence-corrected chi connectivity index (χ2v) is 6.78. The monoisotopic (exact) mass is 382 g/mol. The highest BCUT2D eigenvalue weighted by Gasteiger charge is 2.10. The first kappa shape index (κ1) is 17.0. The Morgan fingerprint density at radius 2 is 1.41 bits per heavy atom. The molecular formula is C22H18N6O. The van der Waals surface area contributed by atoms with Gasteiger partial charge in [-0.1, -0.05) is 0 Å². The number of rotatable bonds is 4. The molecule has 29 heavy (non-hydrogen) atoms. The Morgan fingerprint density at radius 3 is 2.07 bits per heavy atom. The summed E-state index contributed by atoms with van der Waals surface area (Å²) in [6.45, 7) is 0. The molecular weight excluding hydrogens is 364 g/mol. The number of nitrogen functional groups attached to an aromatic ring is 1. The van der Waals surface area contributed by atoms with Gasteiger partial charge in [0, 0.05) is 16.7 Å². The van der Waals surface area contributed by atoms with Gasteiger partial charge < -0.3 is 20.4 Å². The molecule has 2 heterocycles. The van der Waals surface area contributed by atoms with E-state index in [1.807, 2.05) is 54.6 Å². The molecule has 0 aliphatic carbocycles. The van der Waals surface area contributed by atoms with Gasteiger partial charge in [-0.05, 0) is 60.7 Å². The standard InChI is InChI=1S/C22H18N6O/c1-29-15-6-2-12(3-7-15)21-25-17-9-5-14(11-19(17)27-21)22-26-16-8-4-13(20(23)24)10-18(16)28-22/h2-11H,1H3,(H3,23,24)(H,25,27)(H,26,28). The summed E-state index contributed by atoms with van der Waals surface area (Å²) in [6.07, 6.45) is 0. The van der Waals surface area contributed by atoms with Crippen molar-refractivity contribution in [3.8, 4) is 28.5 Å². The van der Waals surface area contributed by atoms with Gasteiger partial charge in [0.15, 0.2) is 0 Å². The number of aromatic nitrogens is 4. The van der Waals surface area contributed by atoms with Gasteiger partial charge in [0.05, 0.1) is 29.2 Å². The van der Waals surface area contributed by atoms with Crippen LogP contribution in [0.3, 0.4) is 0 Å². The minimum Gasteiger partial charge on any atom is -0.497 e. The van der Waals surface area contributed by atoms with Crippen molar-refractivity contribution in [2.24, 2.45) is 5.73 Å². The molecule has 0 radical (unpaired) electrons.